The number of aromatic nitrogens is 3. The first-order chi connectivity index (χ1) is 17.0. The predicted octanol–water partition coefficient (Wildman–Crippen LogP) is 3.64. The molecule has 0 fully saturated rings. The summed E-state index contributed by atoms with van der Waals surface area (Å²) in [5, 5.41) is 10.3. The van der Waals surface area contributed by atoms with E-state index in [2.05, 4.69) is 75.2 Å². The number of carbonyl (C=O) groups is 1. The highest BCUT2D eigenvalue weighted by Crippen LogP contribution is 2.38. The Morgan fingerprint density at radius 3 is 2.23 bits per heavy atom. The summed E-state index contributed by atoms with van der Waals surface area (Å²) >= 11 is 5.90. The molecule has 0 radical (unpaired) electrons. The minimum atomic E-state index is 0.00776. The second kappa shape index (κ2) is 11.7. The molecule has 7 heteroatoms. The number of para-hydroxylation sites is 1. The highest BCUT2D eigenvalue weighted by atomic mass is 35.5. The molecule has 0 aliphatic carbocycles. The molecule has 4 rings (SSSR count). The van der Waals surface area contributed by atoms with Crippen LogP contribution in [0.15, 0.2) is 30.6 Å². The van der Waals surface area contributed by atoms with E-state index >= 15 is 0 Å². The van der Waals surface area contributed by atoms with Crippen LogP contribution in [0.2, 0.25) is 5.28 Å². The van der Waals surface area contributed by atoms with Gasteiger partial charge in [0, 0.05) is 24.2 Å². The average Bonchev–Trinajstić information content (AvgIpc) is 3.23. The number of rotatable bonds is 1. The van der Waals surface area contributed by atoms with E-state index < -0.39 is 0 Å². The van der Waals surface area contributed by atoms with Gasteiger partial charge in [0.2, 0.25) is 11.2 Å². The maximum atomic E-state index is 12.1. The van der Waals surface area contributed by atoms with E-state index in [4.69, 9.17) is 11.6 Å². The Morgan fingerprint density at radius 2 is 1.63 bits per heavy atom. The molecule has 0 saturated heterocycles. The number of hydrogen-bond acceptors (Lipinski definition) is 4. The number of nitrogens with zero attached hydrogens (tertiary/aromatic N) is 5. The van der Waals surface area contributed by atoms with Crippen molar-refractivity contribution >= 4 is 34.1 Å². The Kier molecular flexibility index (Phi) is 8.18. The SMILES string of the molecule is CC#CC#CC#CC#CC#CC.CN1C(=O)Cn2cc(-c3nc(Cl)ncc3C#N)c3cccc1c32. The zero-order valence-corrected chi connectivity index (χ0v) is 19.9. The summed E-state index contributed by atoms with van der Waals surface area (Å²) in [5.74, 6) is 25.6. The number of anilines is 1. The van der Waals surface area contributed by atoms with E-state index in [0.717, 1.165) is 22.2 Å². The van der Waals surface area contributed by atoms with E-state index in [1.807, 2.05) is 29.0 Å². The molecule has 1 amide bonds. The van der Waals surface area contributed by atoms with Gasteiger partial charge in [-0.3, -0.25) is 4.79 Å². The van der Waals surface area contributed by atoms with Crippen LogP contribution in [-0.2, 0) is 11.3 Å². The average molecular weight is 474 g/mol. The molecule has 1 aliphatic rings. The topological polar surface area (TPSA) is 74.8 Å². The second-order valence-electron chi connectivity index (χ2n) is 6.81. The van der Waals surface area contributed by atoms with Crippen molar-refractivity contribution in [2.24, 2.45) is 0 Å². The Hall–Kier alpha value is -5.11. The molecule has 0 spiro atoms. The number of benzene rings is 1. The summed E-state index contributed by atoms with van der Waals surface area (Å²) in [6, 6.07) is 7.83. The molecule has 0 bridgehead atoms. The summed E-state index contributed by atoms with van der Waals surface area (Å²) in [4.78, 5) is 21.8. The maximum absolute atomic E-state index is 12.1. The fourth-order valence-corrected chi connectivity index (χ4v) is 3.40. The molecule has 0 unspecified atom stereocenters. The largest absolute Gasteiger partial charge is 0.336 e. The lowest BCUT2D eigenvalue weighted by molar-refractivity contribution is -0.119. The number of likely N-dealkylation sites (N-methyl/N-ethyl adjacent to an activating group) is 1. The first-order valence-electron chi connectivity index (χ1n) is 10.2. The zero-order chi connectivity index (χ0) is 25.2. The van der Waals surface area contributed by atoms with Crippen molar-refractivity contribution in [1.29, 1.82) is 5.26 Å². The molecule has 0 N–H and O–H groups in total. The first-order valence-corrected chi connectivity index (χ1v) is 10.5. The van der Waals surface area contributed by atoms with Crippen LogP contribution in [-0.4, -0.2) is 27.5 Å². The molecular formula is C28H16ClN5O. The monoisotopic (exact) mass is 473 g/mol. The van der Waals surface area contributed by atoms with Crippen LogP contribution in [0.3, 0.4) is 0 Å². The van der Waals surface area contributed by atoms with Gasteiger partial charge in [-0.05, 0) is 78.9 Å². The molecule has 3 heterocycles. The highest BCUT2D eigenvalue weighted by Gasteiger charge is 2.26. The van der Waals surface area contributed by atoms with Crippen LogP contribution in [0.5, 0.6) is 0 Å². The first kappa shape index (κ1) is 24.5. The van der Waals surface area contributed by atoms with Gasteiger partial charge in [0.25, 0.3) is 0 Å². The maximum Gasteiger partial charge on any atom is 0.246 e. The zero-order valence-electron chi connectivity index (χ0n) is 19.1. The number of amides is 1. The van der Waals surface area contributed by atoms with Gasteiger partial charge in [-0.15, -0.1) is 0 Å². The molecule has 6 nitrogen and oxygen atoms in total. The van der Waals surface area contributed by atoms with Gasteiger partial charge < -0.3 is 9.47 Å². The van der Waals surface area contributed by atoms with E-state index in [-0.39, 0.29) is 17.7 Å². The normalized spacial score (nSPS) is 10.1. The molecule has 1 aliphatic heterocycles. The van der Waals surface area contributed by atoms with E-state index in [1.54, 1.807) is 25.8 Å². The number of hydrogen-bond donors (Lipinski definition) is 0. The third-order valence-electron chi connectivity index (χ3n) is 4.74. The highest BCUT2D eigenvalue weighted by molar-refractivity contribution is 6.28. The van der Waals surface area contributed by atoms with Gasteiger partial charge >= 0.3 is 0 Å². The minimum absolute atomic E-state index is 0.00776. The lowest BCUT2D eigenvalue weighted by Gasteiger charge is -2.24. The van der Waals surface area contributed by atoms with Gasteiger partial charge in [0.05, 0.1) is 28.7 Å². The summed E-state index contributed by atoms with van der Waals surface area (Å²) in [6.45, 7) is 3.70. The summed E-state index contributed by atoms with van der Waals surface area (Å²) in [7, 11) is 1.76. The van der Waals surface area contributed by atoms with Crippen molar-refractivity contribution in [2.75, 3.05) is 11.9 Å². The molecule has 0 atom stereocenters. The van der Waals surface area contributed by atoms with Gasteiger partial charge in [0.1, 0.15) is 12.6 Å². The Morgan fingerprint density at radius 1 is 1.00 bits per heavy atom. The fourth-order valence-electron chi connectivity index (χ4n) is 3.27. The van der Waals surface area contributed by atoms with Crippen LogP contribution < -0.4 is 4.90 Å². The van der Waals surface area contributed by atoms with E-state index in [9.17, 15) is 10.1 Å². The number of halogens is 1. The summed E-state index contributed by atoms with van der Waals surface area (Å²) in [5.41, 5.74) is 3.38. The van der Waals surface area contributed by atoms with Gasteiger partial charge in [0.15, 0.2) is 0 Å². The van der Waals surface area contributed by atoms with Crippen LogP contribution in [0.25, 0.3) is 22.2 Å². The molecule has 1 aromatic carbocycles. The van der Waals surface area contributed by atoms with Crippen molar-refractivity contribution < 1.29 is 4.79 Å². The van der Waals surface area contributed by atoms with Crippen molar-refractivity contribution in [3.63, 3.8) is 0 Å². The van der Waals surface area contributed by atoms with Gasteiger partial charge in [-0.1, -0.05) is 24.0 Å². The third kappa shape index (κ3) is 5.63. The second-order valence-corrected chi connectivity index (χ2v) is 7.15. The number of nitriles is 1. The van der Waals surface area contributed by atoms with Crippen LogP contribution >= 0.6 is 11.6 Å². The van der Waals surface area contributed by atoms with Gasteiger partial charge in [-0.2, -0.15) is 5.26 Å². The quantitative estimate of drug-likeness (QED) is 0.399. The fraction of sp³-hybridized carbons (Fsp3) is 0.143. The van der Waals surface area contributed by atoms with Crippen LogP contribution in [0, 0.1) is 70.5 Å². The smallest absolute Gasteiger partial charge is 0.246 e. The molecular weight excluding hydrogens is 458 g/mol. The molecule has 2 aromatic heterocycles. The van der Waals surface area contributed by atoms with Crippen LogP contribution in [0.4, 0.5) is 5.69 Å². The standard InChI is InChI=1S/C16H10ClN5O.C12H6/c1-21-12-4-2-3-10-11(7-22(15(10)12)8-13(21)23)14-9(5-18)6-19-16(17)20-14;1-3-5-7-9-11-12-10-8-6-4-2/h2-4,6-7H,8H2,1H3;1-2H3. The van der Waals surface area contributed by atoms with E-state index in [1.165, 1.54) is 6.20 Å². The van der Waals surface area contributed by atoms with Crippen molar-refractivity contribution in [2.45, 2.75) is 20.4 Å². The Balaban J connectivity index is 0.000000245. The van der Waals surface area contributed by atoms with E-state index in [0.29, 0.717) is 11.3 Å². The lowest BCUT2D eigenvalue weighted by atomic mass is 10.1. The molecule has 0 saturated carbocycles. The van der Waals surface area contributed by atoms with Crippen LogP contribution in [0.1, 0.15) is 19.4 Å². The Labute approximate surface area is 208 Å². The minimum Gasteiger partial charge on any atom is -0.336 e. The summed E-state index contributed by atoms with van der Waals surface area (Å²) in [6.07, 6.45) is 3.26. The van der Waals surface area contributed by atoms with Crippen molar-refractivity contribution in [3.05, 3.63) is 41.4 Å². The van der Waals surface area contributed by atoms with Crippen molar-refractivity contribution in [1.82, 2.24) is 14.5 Å². The van der Waals surface area contributed by atoms with Gasteiger partial charge in [-0.25, -0.2) is 9.97 Å². The molecule has 35 heavy (non-hydrogen) atoms. The third-order valence-corrected chi connectivity index (χ3v) is 4.92. The Bertz CT molecular complexity index is 1640. The molecule has 3 aromatic rings. The predicted molar refractivity (Wildman–Crippen MR) is 136 cm³/mol. The molecule has 166 valence electrons. The lowest BCUT2D eigenvalue weighted by Crippen LogP contribution is -2.33. The number of carbonyl (C=O) groups excluding carboxylic acids is 1. The summed E-state index contributed by atoms with van der Waals surface area (Å²) < 4.78 is 1.89. The van der Waals surface area contributed by atoms with Crippen molar-refractivity contribution in [3.8, 4) is 76.5 Å².